The van der Waals surface area contributed by atoms with E-state index in [0.717, 1.165) is 44.8 Å². The lowest BCUT2D eigenvalue weighted by Gasteiger charge is -2.15. The monoisotopic (exact) mass is 215 g/mol. The number of nitrogens with one attached hydrogen (secondary N) is 1. The SMILES string of the molecule is CCC(CC)CNCCC(N)CCCN. The smallest absolute Gasteiger partial charge is 0.00513 e. The van der Waals surface area contributed by atoms with E-state index in [1.54, 1.807) is 0 Å². The van der Waals surface area contributed by atoms with Crippen LogP contribution in [-0.2, 0) is 0 Å². The summed E-state index contributed by atoms with van der Waals surface area (Å²) in [6.45, 7) is 7.44. The molecule has 0 fully saturated rings. The minimum atomic E-state index is 0.322. The molecule has 0 heterocycles. The quantitative estimate of drug-likeness (QED) is 0.484. The second-order valence-electron chi connectivity index (χ2n) is 4.37. The Labute approximate surface area is 95.0 Å². The third-order valence-corrected chi connectivity index (χ3v) is 3.06. The van der Waals surface area contributed by atoms with E-state index in [-0.39, 0.29) is 0 Å². The van der Waals surface area contributed by atoms with Crippen LogP contribution in [0.1, 0.15) is 46.0 Å². The van der Waals surface area contributed by atoms with Crippen LogP contribution in [-0.4, -0.2) is 25.7 Å². The van der Waals surface area contributed by atoms with Crippen LogP contribution in [0.15, 0.2) is 0 Å². The van der Waals surface area contributed by atoms with Crippen molar-refractivity contribution in [3.8, 4) is 0 Å². The van der Waals surface area contributed by atoms with Gasteiger partial charge in [0.05, 0.1) is 0 Å². The maximum absolute atomic E-state index is 5.95. The van der Waals surface area contributed by atoms with Crippen molar-refractivity contribution in [2.24, 2.45) is 17.4 Å². The van der Waals surface area contributed by atoms with Crippen LogP contribution in [0.5, 0.6) is 0 Å². The van der Waals surface area contributed by atoms with Gasteiger partial charge in [-0.25, -0.2) is 0 Å². The molecule has 0 rings (SSSR count). The van der Waals surface area contributed by atoms with Gasteiger partial charge in [-0.3, -0.25) is 0 Å². The Morgan fingerprint density at radius 2 is 1.80 bits per heavy atom. The topological polar surface area (TPSA) is 64.1 Å². The molecule has 0 bridgehead atoms. The number of rotatable bonds is 10. The molecule has 0 aromatic carbocycles. The molecule has 92 valence electrons. The Hall–Kier alpha value is -0.120. The van der Waals surface area contributed by atoms with Crippen molar-refractivity contribution < 1.29 is 0 Å². The van der Waals surface area contributed by atoms with Gasteiger partial charge in [0.15, 0.2) is 0 Å². The van der Waals surface area contributed by atoms with Gasteiger partial charge in [-0.05, 0) is 44.8 Å². The van der Waals surface area contributed by atoms with Crippen molar-refractivity contribution in [2.45, 2.75) is 52.0 Å². The van der Waals surface area contributed by atoms with Crippen molar-refractivity contribution in [1.29, 1.82) is 0 Å². The molecule has 1 unspecified atom stereocenters. The summed E-state index contributed by atoms with van der Waals surface area (Å²) in [6.07, 6.45) is 5.71. The van der Waals surface area contributed by atoms with Crippen LogP contribution in [0, 0.1) is 5.92 Å². The van der Waals surface area contributed by atoms with Gasteiger partial charge in [0, 0.05) is 6.04 Å². The van der Waals surface area contributed by atoms with Crippen LogP contribution in [0.3, 0.4) is 0 Å². The van der Waals surface area contributed by atoms with E-state index in [1.807, 2.05) is 0 Å². The van der Waals surface area contributed by atoms with Gasteiger partial charge < -0.3 is 16.8 Å². The molecular weight excluding hydrogens is 186 g/mol. The molecule has 3 heteroatoms. The van der Waals surface area contributed by atoms with Crippen LogP contribution in [0.25, 0.3) is 0 Å². The van der Waals surface area contributed by atoms with Gasteiger partial charge >= 0.3 is 0 Å². The zero-order chi connectivity index (χ0) is 11.5. The predicted octanol–water partition coefficient (Wildman–Crippen LogP) is 1.47. The largest absolute Gasteiger partial charge is 0.330 e. The molecular formula is C12H29N3. The van der Waals surface area contributed by atoms with E-state index in [4.69, 9.17) is 11.5 Å². The summed E-state index contributed by atoms with van der Waals surface area (Å²) in [7, 11) is 0. The normalized spacial score (nSPS) is 13.4. The number of hydrogen-bond donors (Lipinski definition) is 3. The summed E-state index contributed by atoms with van der Waals surface area (Å²) in [5.41, 5.74) is 11.4. The van der Waals surface area contributed by atoms with Crippen LogP contribution in [0.2, 0.25) is 0 Å². The third kappa shape index (κ3) is 8.85. The predicted molar refractivity (Wildman–Crippen MR) is 67.8 cm³/mol. The summed E-state index contributed by atoms with van der Waals surface area (Å²) in [6, 6.07) is 0.322. The highest BCUT2D eigenvalue weighted by Crippen LogP contribution is 2.05. The van der Waals surface area contributed by atoms with Gasteiger partial charge in [0.2, 0.25) is 0 Å². The summed E-state index contributed by atoms with van der Waals surface area (Å²) in [5, 5.41) is 3.48. The van der Waals surface area contributed by atoms with E-state index in [9.17, 15) is 0 Å². The highest BCUT2D eigenvalue weighted by molar-refractivity contribution is 4.65. The van der Waals surface area contributed by atoms with Gasteiger partial charge in [-0.2, -0.15) is 0 Å². The summed E-state index contributed by atoms with van der Waals surface area (Å²) >= 11 is 0. The first-order valence-corrected chi connectivity index (χ1v) is 6.40. The highest BCUT2D eigenvalue weighted by Gasteiger charge is 2.04. The molecule has 0 saturated carbocycles. The first-order valence-electron chi connectivity index (χ1n) is 6.40. The van der Waals surface area contributed by atoms with Crippen molar-refractivity contribution in [3.05, 3.63) is 0 Å². The van der Waals surface area contributed by atoms with E-state index < -0.39 is 0 Å². The van der Waals surface area contributed by atoms with Gasteiger partial charge in [0.25, 0.3) is 0 Å². The average molecular weight is 215 g/mol. The van der Waals surface area contributed by atoms with E-state index in [2.05, 4.69) is 19.2 Å². The molecule has 0 aromatic heterocycles. The maximum atomic E-state index is 5.95. The second kappa shape index (κ2) is 10.4. The molecule has 3 nitrogen and oxygen atoms in total. The average Bonchev–Trinajstić information content (AvgIpc) is 2.26. The molecule has 0 amide bonds. The van der Waals surface area contributed by atoms with Crippen molar-refractivity contribution >= 4 is 0 Å². The Morgan fingerprint density at radius 3 is 2.33 bits per heavy atom. The molecule has 0 aromatic rings. The minimum absolute atomic E-state index is 0.322. The molecule has 0 radical (unpaired) electrons. The lowest BCUT2D eigenvalue weighted by Crippen LogP contribution is -2.29. The van der Waals surface area contributed by atoms with Crippen molar-refractivity contribution in [3.63, 3.8) is 0 Å². The Balaban J connectivity index is 3.29. The Morgan fingerprint density at radius 1 is 1.13 bits per heavy atom. The Bertz CT molecular complexity index is 124. The van der Waals surface area contributed by atoms with E-state index in [0.29, 0.717) is 6.04 Å². The molecule has 0 aliphatic heterocycles. The fraction of sp³-hybridized carbons (Fsp3) is 1.00. The zero-order valence-corrected chi connectivity index (χ0v) is 10.5. The first-order chi connectivity index (χ1) is 7.24. The molecule has 15 heavy (non-hydrogen) atoms. The van der Waals surface area contributed by atoms with Crippen molar-refractivity contribution in [2.75, 3.05) is 19.6 Å². The van der Waals surface area contributed by atoms with Gasteiger partial charge in [0.1, 0.15) is 0 Å². The zero-order valence-electron chi connectivity index (χ0n) is 10.5. The number of nitrogens with two attached hydrogens (primary N) is 2. The third-order valence-electron chi connectivity index (χ3n) is 3.06. The highest BCUT2D eigenvalue weighted by atomic mass is 14.9. The Kier molecular flexibility index (Phi) is 10.3. The van der Waals surface area contributed by atoms with Crippen molar-refractivity contribution in [1.82, 2.24) is 5.32 Å². The number of hydrogen-bond acceptors (Lipinski definition) is 3. The lowest BCUT2D eigenvalue weighted by atomic mass is 10.0. The summed E-state index contributed by atoms with van der Waals surface area (Å²) in [4.78, 5) is 0. The van der Waals surface area contributed by atoms with Gasteiger partial charge in [-0.1, -0.05) is 26.7 Å². The molecule has 0 spiro atoms. The molecule has 0 aliphatic carbocycles. The maximum Gasteiger partial charge on any atom is 0.00513 e. The van der Waals surface area contributed by atoms with Crippen LogP contribution >= 0.6 is 0 Å². The molecule has 0 saturated heterocycles. The summed E-state index contributed by atoms with van der Waals surface area (Å²) < 4.78 is 0. The van der Waals surface area contributed by atoms with Crippen LogP contribution < -0.4 is 16.8 Å². The first kappa shape index (κ1) is 14.9. The molecule has 5 N–H and O–H groups in total. The standard InChI is InChI=1S/C12H29N3/c1-3-11(4-2)10-15-9-7-12(14)6-5-8-13/h11-12,15H,3-10,13-14H2,1-2H3. The van der Waals surface area contributed by atoms with E-state index >= 15 is 0 Å². The fourth-order valence-electron chi connectivity index (χ4n) is 1.70. The lowest BCUT2D eigenvalue weighted by molar-refractivity contribution is 0.434. The summed E-state index contributed by atoms with van der Waals surface area (Å²) in [5.74, 6) is 0.824. The molecule has 0 aliphatic rings. The van der Waals surface area contributed by atoms with Crippen LogP contribution in [0.4, 0.5) is 0 Å². The second-order valence-corrected chi connectivity index (χ2v) is 4.37. The molecule has 1 atom stereocenters. The fourth-order valence-corrected chi connectivity index (χ4v) is 1.70. The van der Waals surface area contributed by atoms with Gasteiger partial charge in [-0.15, -0.1) is 0 Å². The minimum Gasteiger partial charge on any atom is -0.330 e. The van der Waals surface area contributed by atoms with E-state index in [1.165, 1.54) is 12.8 Å².